The summed E-state index contributed by atoms with van der Waals surface area (Å²) in [4.78, 5) is 13.9. The van der Waals surface area contributed by atoms with Crippen molar-refractivity contribution in [3.8, 4) is 0 Å². The molecule has 3 heterocycles. The lowest BCUT2D eigenvalue weighted by Crippen LogP contribution is -2.46. The van der Waals surface area contributed by atoms with E-state index in [9.17, 15) is 15.0 Å². The summed E-state index contributed by atoms with van der Waals surface area (Å²) >= 11 is 0. The number of benzene rings is 1. The number of aromatic nitrogens is 2. The number of fused-ring (bicyclic) bond motifs is 1. The van der Waals surface area contributed by atoms with Gasteiger partial charge in [-0.1, -0.05) is 30.3 Å². The zero-order chi connectivity index (χ0) is 18.8. The smallest absolute Gasteiger partial charge is 0.325 e. The Labute approximate surface area is 156 Å². The average Bonchev–Trinajstić information content (AvgIpc) is 3.07. The van der Waals surface area contributed by atoms with Crippen LogP contribution in [-0.4, -0.2) is 56.4 Å². The number of aliphatic hydroxyl groups excluding tert-OH is 2. The van der Waals surface area contributed by atoms with Crippen LogP contribution in [0, 0.1) is 0 Å². The molecular weight excluding hydrogens is 348 g/mol. The summed E-state index contributed by atoms with van der Waals surface area (Å²) in [6, 6.07) is 11.8. The number of hydrogen-bond donors (Lipinski definition) is 3. The summed E-state index contributed by atoms with van der Waals surface area (Å²) in [6.45, 7) is 0.0450. The number of rotatable bonds is 5. The van der Waals surface area contributed by atoms with Gasteiger partial charge < -0.3 is 14.9 Å². The topological polar surface area (TPSA) is 108 Å². The molecule has 0 bridgehead atoms. The molecule has 8 heteroatoms. The van der Waals surface area contributed by atoms with Gasteiger partial charge in [0.05, 0.1) is 24.9 Å². The van der Waals surface area contributed by atoms with Crippen LogP contribution in [0.25, 0.3) is 0 Å². The monoisotopic (exact) mass is 370 g/mol. The van der Waals surface area contributed by atoms with Crippen LogP contribution in [0.15, 0.2) is 36.4 Å². The lowest BCUT2D eigenvalue weighted by Gasteiger charge is -2.32. The van der Waals surface area contributed by atoms with Crippen molar-refractivity contribution < 1.29 is 19.7 Å². The summed E-state index contributed by atoms with van der Waals surface area (Å²) in [5.41, 5.74) is 2.95. The molecule has 1 fully saturated rings. The van der Waals surface area contributed by atoms with E-state index in [1.54, 1.807) is 0 Å². The Morgan fingerprint density at radius 2 is 2.04 bits per heavy atom. The minimum absolute atomic E-state index is 0.271. The first-order chi connectivity index (χ1) is 13.1. The highest BCUT2D eigenvalue weighted by Crippen LogP contribution is 2.29. The van der Waals surface area contributed by atoms with Crippen LogP contribution in [0.3, 0.4) is 0 Å². The highest BCUT2D eigenvalue weighted by atomic mass is 16.5. The van der Waals surface area contributed by atoms with Crippen LogP contribution in [0.4, 0.5) is 10.6 Å². The lowest BCUT2D eigenvalue weighted by atomic mass is 10.1. The number of nitrogens with zero attached hydrogens (tertiary/aromatic N) is 3. The molecule has 3 atom stereocenters. The van der Waals surface area contributed by atoms with Gasteiger partial charge in [0, 0.05) is 12.0 Å². The third-order valence-electron chi connectivity index (χ3n) is 4.99. The number of carbonyl (C=O) groups is 1. The predicted octanol–water partition coefficient (Wildman–Crippen LogP) is 1.08. The quantitative estimate of drug-likeness (QED) is 0.727. The zero-order valence-electron chi connectivity index (χ0n) is 14.8. The second-order valence-corrected chi connectivity index (χ2v) is 6.87. The molecule has 2 aliphatic rings. The van der Waals surface area contributed by atoms with Crippen molar-refractivity contribution in [1.82, 2.24) is 15.1 Å². The molecule has 0 spiro atoms. The van der Waals surface area contributed by atoms with Crippen molar-refractivity contribution in [1.29, 1.82) is 0 Å². The Balaban J connectivity index is 1.46. The number of urea groups is 1. The van der Waals surface area contributed by atoms with E-state index in [1.165, 1.54) is 10.5 Å². The molecule has 0 saturated carbocycles. The fraction of sp³-hybridized carbons (Fsp3) is 0.421. The number of ether oxygens (including phenoxy) is 1. The Morgan fingerprint density at radius 1 is 1.22 bits per heavy atom. The molecular formula is C19H22N4O4. The van der Waals surface area contributed by atoms with Gasteiger partial charge in [0.1, 0.15) is 12.3 Å². The van der Waals surface area contributed by atoms with E-state index in [4.69, 9.17) is 4.74 Å². The van der Waals surface area contributed by atoms with Gasteiger partial charge >= 0.3 is 6.03 Å². The lowest BCUT2D eigenvalue weighted by molar-refractivity contribution is -0.0653. The first-order valence-corrected chi connectivity index (χ1v) is 9.05. The molecule has 4 rings (SSSR count). The van der Waals surface area contributed by atoms with Crippen LogP contribution in [0.2, 0.25) is 0 Å². The second kappa shape index (κ2) is 7.59. The van der Waals surface area contributed by atoms with Gasteiger partial charge in [0.25, 0.3) is 0 Å². The molecule has 0 aliphatic carbocycles. The van der Waals surface area contributed by atoms with Crippen LogP contribution in [0.5, 0.6) is 0 Å². The van der Waals surface area contributed by atoms with Crippen molar-refractivity contribution in [2.75, 3.05) is 11.9 Å². The maximum absolute atomic E-state index is 12.4. The maximum Gasteiger partial charge on any atom is 0.325 e. The van der Waals surface area contributed by atoms with Crippen molar-refractivity contribution in [3.05, 3.63) is 53.2 Å². The normalized spacial score (nSPS) is 24.6. The molecule has 2 amide bonds. The highest BCUT2D eigenvalue weighted by molar-refractivity contribution is 5.91. The van der Waals surface area contributed by atoms with E-state index in [0.717, 1.165) is 24.1 Å². The standard InChI is InChI=1S/C19H22N4O4/c24-11-16-15(25)9-17(27-16)23-10-13-8-14(21-22-18(13)20-19(23)26)7-6-12-4-2-1-3-5-12/h1-5,8,15-17,24-25H,6-7,9-11H2,(H,20,22,26)/t15-,16+,17+/m0/s1. The van der Waals surface area contributed by atoms with E-state index < -0.39 is 18.4 Å². The van der Waals surface area contributed by atoms with Gasteiger partial charge in [0.15, 0.2) is 5.82 Å². The highest BCUT2D eigenvalue weighted by Gasteiger charge is 2.40. The van der Waals surface area contributed by atoms with Crippen molar-refractivity contribution in [2.45, 2.75) is 44.2 Å². The number of amides is 2. The Hall–Kier alpha value is -2.55. The van der Waals surface area contributed by atoms with E-state index in [1.807, 2.05) is 24.3 Å². The van der Waals surface area contributed by atoms with E-state index in [0.29, 0.717) is 12.4 Å². The van der Waals surface area contributed by atoms with Crippen LogP contribution >= 0.6 is 0 Å². The van der Waals surface area contributed by atoms with Crippen molar-refractivity contribution >= 4 is 11.8 Å². The zero-order valence-corrected chi connectivity index (χ0v) is 14.8. The fourth-order valence-electron chi connectivity index (χ4n) is 3.47. The number of aryl methyl sites for hydroxylation is 2. The van der Waals surface area contributed by atoms with E-state index in [2.05, 4.69) is 27.6 Å². The first kappa shape index (κ1) is 17.8. The van der Waals surface area contributed by atoms with Crippen LogP contribution in [-0.2, 0) is 24.1 Å². The molecule has 2 aromatic rings. The molecule has 142 valence electrons. The molecule has 3 N–H and O–H groups in total. The number of aliphatic hydroxyl groups is 2. The fourth-order valence-corrected chi connectivity index (χ4v) is 3.47. The molecule has 27 heavy (non-hydrogen) atoms. The van der Waals surface area contributed by atoms with Gasteiger partial charge in [-0.2, -0.15) is 5.10 Å². The summed E-state index contributed by atoms with van der Waals surface area (Å²) in [5.74, 6) is 0.456. The third kappa shape index (κ3) is 3.78. The number of hydrogen-bond acceptors (Lipinski definition) is 6. The maximum atomic E-state index is 12.4. The summed E-state index contributed by atoms with van der Waals surface area (Å²) in [5, 5.41) is 30.3. The van der Waals surface area contributed by atoms with Crippen molar-refractivity contribution in [2.24, 2.45) is 0 Å². The minimum Gasteiger partial charge on any atom is -0.394 e. The molecule has 0 unspecified atom stereocenters. The van der Waals surface area contributed by atoms with Crippen LogP contribution < -0.4 is 5.32 Å². The third-order valence-corrected chi connectivity index (χ3v) is 4.99. The largest absolute Gasteiger partial charge is 0.394 e. The summed E-state index contributed by atoms with van der Waals surface area (Å²) in [6.07, 6.45) is -0.143. The summed E-state index contributed by atoms with van der Waals surface area (Å²) < 4.78 is 5.61. The molecule has 2 aliphatic heterocycles. The number of nitrogens with one attached hydrogen (secondary N) is 1. The molecule has 1 aromatic carbocycles. The van der Waals surface area contributed by atoms with E-state index in [-0.39, 0.29) is 19.1 Å². The minimum atomic E-state index is -0.786. The van der Waals surface area contributed by atoms with E-state index >= 15 is 0 Å². The Kier molecular flexibility index (Phi) is 5.02. The average molecular weight is 370 g/mol. The molecule has 1 saturated heterocycles. The Morgan fingerprint density at radius 3 is 2.78 bits per heavy atom. The van der Waals surface area contributed by atoms with Gasteiger partial charge in [-0.05, 0) is 24.5 Å². The first-order valence-electron chi connectivity index (χ1n) is 9.05. The second-order valence-electron chi connectivity index (χ2n) is 6.87. The SMILES string of the molecule is O=C1Nc2nnc(CCc3ccccc3)cc2CN1[C@H]1C[C@H](O)[C@@H](CO)O1. The van der Waals surface area contributed by atoms with Gasteiger partial charge in [0.2, 0.25) is 0 Å². The molecule has 0 radical (unpaired) electrons. The van der Waals surface area contributed by atoms with Crippen LogP contribution in [0.1, 0.15) is 23.2 Å². The molecule has 8 nitrogen and oxygen atoms in total. The Bertz CT molecular complexity index is 817. The number of carbonyl (C=O) groups excluding carboxylic acids is 1. The van der Waals surface area contributed by atoms with Gasteiger partial charge in [-0.15, -0.1) is 5.10 Å². The van der Waals surface area contributed by atoms with Crippen molar-refractivity contribution in [3.63, 3.8) is 0 Å². The van der Waals surface area contributed by atoms with Gasteiger partial charge in [-0.25, -0.2) is 4.79 Å². The van der Waals surface area contributed by atoms with Gasteiger partial charge in [-0.3, -0.25) is 10.2 Å². The number of anilines is 1. The summed E-state index contributed by atoms with van der Waals surface area (Å²) in [7, 11) is 0. The molecule has 1 aromatic heterocycles. The predicted molar refractivity (Wildman–Crippen MR) is 96.8 cm³/mol.